The smallest absolute Gasteiger partial charge is 0.263 e. The van der Waals surface area contributed by atoms with Crippen LogP contribution in [0.1, 0.15) is 46.5 Å². The average Bonchev–Trinajstić information content (AvgIpc) is 2.83. The van der Waals surface area contributed by atoms with Gasteiger partial charge in [-0.05, 0) is 25.8 Å². The Labute approximate surface area is 125 Å². The van der Waals surface area contributed by atoms with Crippen LogP contribution in [0.5, 0.6) is 0 Å². The van der Waals surface area contributed by atoms with Crippen LogP contribution in [0.4, 0.5) is 0 Å². The number of hydrogen-bond donors (Lipinski definition) is 0. The maximum absolute atomic E-state index is 12.1. The van der Waals surface area contributed by atoms with E-state index in [1.54, 1.807) is 0 Å². The average molecular weight is 320 g/mol. The Morgan fingerprint density at radius 3 is 2.35 bits per heavy atom. The summed E-state index contributed by atoms with van der Waals surface area (Å²) in [6.07, 6.45) is 6.01. The van der Waals surface area contributed by atoms with E-state index >= 15 is 0 Å². The molecule has 0 aliphatic carbocycles. The van der Waals surface area contributed by atoms with Crippen LogP contribution in [-0.2, 0) is 24.1 Å². The summed E-state index contributed by atoms with van der Waals surface area (Å²) in [7, 11) is -2.37. The van der Waals surface area contributed by atoms with Gasteiger partial charge in [-0.1, -0.05) is 26.7 Å². The van der Waals surface area contributed by atoms with Crippen LogP contribution < -0.4 is 4.89 Å². The van der Waals surface area contributed by atoms with Gasteiger partial charge in [0.15, 0.2) is 5.76 Å². The van der Waals surface area contributed by atoms with Crippen molar-refractivity contribution in [2.75, 3.05) is 19.8 Å². The molecular formula is C14H25O4PS. The highest BCUT2D eigenvalue weighted by Crippen LogP contribution is 2.34. The number of unbranched alkanes of at least 4 members (excludes halogenated alkanes) is 2. The van der Waals surface area contributed by atoms with E-state index in [4.69, 9.17) is 14.0 Å². The van der Waals surface area contributed by atoms with E-state index in [9.17, 15) is 4.89 Å². The van der Waals surface area contributed by atoms with Crippen LogP contribution >= 0.6 is 7.15 Å². The summed E-state index contributed by atoms with van der Waals surface area (Å²) in [6.45, 7) is 7.82. The van der Waals surface area contributed by atoms with Crippen molar-refractivity contribution >= 4 is 17.2 Å². The molecule has 2 unspecified atom stereocenters. The van der Waals surface area contributed by atoms with E-state index in [-0.39, 0.29) is 0 Å². The van der Waals surface area contributed by atoms with E-state index in [2.05, 4.69) is 13.8 Å². The molecule has 6 heteroatoms. The topological polar surface area (TPSA) is 50.8 Å². The van der Waals surface area contributed by atoms with Crippen molar-refractivity contribution in [2.24, 2.45) is 0 Å². The molecule has 0 amide bonds. The van der Waals surface area contributed by atoms with E-state index in [1.165, 1.54) is 0 Å². The second-order valence-corrected chi connectivity index (χ2v) is 8.37. The van der Waals surface area contributed by atoms with Crippen LogP contribution in [0.2, 0.25) is 0 Å². The van der Waals surface area contributed by atoms with E-state index in [1.807, 2.05) is 18.4 Å². The molecule has 1 aliphatic heterocycles. The third-order valence-electron chi connectivity index (χ3n) is 2.62. The monoisotopic (exact) mass is 320 g/mol. The van der Waals surface area contributed by atoms with Crippen LogP contribution in [0.3, 0.4) is 0 Å². The number of hydrogen-bond acceptors (Lipinski definition) is 4. The van der Waals surface area contributed by atoms with Crippen LogP contribution in [0, 0.1) is 0 Å². The molecule has 0 bridgehead atoms. The Morgan fingerprint density at radius 2 is 1.75 bits per heavy atom. The van der Waals surface area contributed by atoms with Gasteiger partial charge in [0.25, 0.3) is 7.15 Å². The van der Waals surface area contributed by atoms with Gasteiger partial charge >= 0.3 is 0 Å². The Kier molecular flexibility index (Phi) is 9.19. The van der Waals surface area contributed by atoms with Crippen LogP contribution in [0.15, 0.2) is 22.3 Å². The quantitative estimate of drug-likeness (QED) is 0.456. The third kappa shape index (κ3) is 5.57. The first kappa shape index (κ1) is 17.7. The molecule has 0 fully saturated rings. The maximum Gasteiger partial charge on any atom is 0.263 e. The highest BCUT2D eigenvalue weighted by Gasteiger charge is 2.25. The lowest BCUT2D eigenvalue weighted by molar-refractivity contribution is -0.170. The first-order chi connectivity index (χ1) is 9.74. The molecule has 4 nitrogen and oxygen atoms in total. The van der Waals surface area contributed by atoms with Gasteiger partial charge < -0.3 is 14.4 Å². The van der Waals surface area contributed by atoms with Crippen molar-refractivity contribution < 1.29 is 18.9 Å². The van der Waals surface area contributed by atoms with Gasteiger partial charge in [0.1, 0.15) is 10.1 Å². The molecule has 0 spiro atoms. The Bertz CT molecular complexity index is 391. The highest BCUT2D eigenvalue weighted by atomic mass is 32.5. The lowest BCUT2D eigenvalue weighted by Gasteiger charge is -2.11. The van der Waals surface area contributed by atoms with Crippen molar-refractivity contribution in [3.8, 4) is 0 Å². The molecule has 0 aromatic rings. The molecule has 1 heterocycles. The number of allylic oxidation sites excluding steroid dienone is 1. The molecule has 2 atom stereocenters. The van der Waals surface area contributed by atoms with Gasteiger partial charge in [-0.2, -0.15) is 4.52 Å². The molecule has 0 aromatic carbocycles. The van der Waals surface area contributed by atoms with Crippen molar-refractivity contribution in [3.05, 3.63) is 22.3 Å². The molecule has 0 saturated carbocycles. The minimum Gasteiger partial charge on any atom is -0.597 e. The predicted molar refractivity (Wildman–Crippen MR) is 83.8 cm³/mol. The summed E-state index contributed by atoms with van der Waals surface area (Å²) in [5, 5.41) is 2.58. The molecule has 0 radical (unpaired) electrons. The second-order valence-electron chi connectivity index (χ2n) is 4.31. The maximum atomic E-state index is 12.1. The number of rotatable bonds is 10. The molecule has 1 aliphatic rings. The standard InChI is InChI=1S/C14H25O4PS/c1-4-7-10-16-13-9-12-20(19(15)18-6-3)14(13)17-11-8-5-2/h9,12H,4-8,10-11H2,1-3H3. The Hall–Kier alpha value is -0.350. The summed E-state index contributed by atoms with van der Waals surface area (Å²) in [5.74, 6) is 0.723. The highest BCUT2D eigenvalue weighted by molar-refractivity contribution is 8.27. The lowest BCUT2D eigenvalue weighted by atomic mass is 10.3. The van der Waals surface area contributed by atoms with Gasteiger partial charge in [-0.3, -0.25) is 0 Å². The molecular weight excluding hydrogens is 295 g/mol. The molecule has 0 saturated heterocycles. The second kappa shape index (κ2) is 10.4. The lowest BCUT2D eigenvalue weighted by Crippen LogP contribution is -2.05. The molecule has 20 heavy (non-hydrogen) atoms. The molecule has 116 valence electrons. The summed E-state index contributed by atoms with van der Waals surface area (Å²) in [5.41, 5.74) is 0. The van der Waals surface area contributed by atoms with Gasteiger partial charge in [-0.25, -0.2) is 0 Å². The zero-order valence-corrected chi connectivity index (χ0v) is 14.3. The van der Waals surface area contributed by atoms with Crippen molar-refractivity contribution in [2.45, 2.75) is 46.5 Å². The van der Waals surface area contributed by atoms with Crippen molar-refractivity contribution in [1.82, 2.24) is 0 Å². The number of ether oxygens (including phenoxy) is 2. The Balaban J connectivity index is 2.80. The largest absolute Gasteiger partial charge is 0.597 e. The molecule has 0 N–H and O–H groups in total. The van der Waals surface area contributed by atoms with E-state index in [0.717, 1.165) is 31.4 Å². The summed E-state index contributed by atoms with van der Waals surface area (Å²) >= 11 is 0. The first-order valence-electron chi connectivity index (χ1n) is 7.26. The minimum atomic E-state index is -1.76. The fourth-order valence-electron chi connectivity index (χ4n) is 1.51. The zero-order chi connectivity index (χ0) is 14.8. The van der Waals surface area contributed by atoms with Crippen LogP contribution in [0.25, 0.3) is 0 Å². The van der Waals surface area contributed by atoms with Crippen molar-refractivity contribution in [1.29, 1.82) is 0 Å². The van der Waals surface area contributed by atoms with Gasteiger partial charge in [0, 0.05) is 5.41 Å². The van der Waals surface area contributed by atoms with Gasteiger partial charge in [0.05, 0.1) is 19.8 Å². The van der Waals surface area contributed by atoms with Crippen LogP contribution in [-0.4, -0.2) is 19.8 Å². The Morgan fingerprint density at radius 1 is 1.10 bits per heavy atom. The minimum absolute atomic E-state index is 0.445. The third-order valence-corrected chi connectivity index (χ3v) is 6.65. The summed E-state index contributed by atoms with van der Waals surface area (Å²) < 4.78 is 16.8. The summed E-state index contributed by atoms with van der Waals surface area (Å²) in [4.78, 5) is 12.1. The van der Waals surface area contributed by atoms with Gasteiger partial charge in [0.2, 0.25) is 5.09 Å². The molecule has 1 rings (SSSR count). The normalized spacial score (nSPS) is 18.6. The SMILES string of the molecule is CCCCOC1=C(OCCCC)S(=[P+]([O-])OCC)C=C1. The molecule has 0 aromatic heterocycles. The zero-order valence-electron chi connectivity index (χ0n) is 12.6. The van der Waals surface area contributed by atoms with Crippen molar-refractivity contribution in [3.63, 3.8) is 0 Å². The van der Waals surface area contributed by atoms with E-state index in [0.29, 0.717) is 24.9 Å². The van der Waals surface area contributed by atoms with E-state index < -0.39 is 17.2 Å². The van der Waals surface area contributed by atoms with Gasteiger partial charge in [-0.15, -0.1) is 0 Å². The first-order valence-corrected chi connectivity index (χ1v) is 10.3. The summed E-state index contributed by atoms with van der Waals surface area (Å²) in [6, 6.07) is 0. The predicted octanol–water partition coefficient (Wildman–Crippen LogP) is 3.56. The fraction of sp³-hybridized carbons (Fsp3) is 0.714. The fourth-order valence-corrected chi connectivity index (χ4v) is 4.96.